The molecule has 1 aromatic rings. The molecule has 1 aromatic heterocycles. The zero-order valence-corrected chi connectivity index (χ0v) is 7.24. The largest absolute Gasteiger partial charge is 0.370 e. The number of nitrogens with one attached hydrogen (secondary N) is 2. The van der Waals surface area contributed by atoms with Gasteiger partial charge in [-0.15, -0.1) is 0 Å². The van der Waals surface area contributed by atoms with E-state index in [0.717, 1.165) is 0 Å². The summed E-state index contributed by atoms with van der Waals surface area (Å²) >= 11 is 0. The lowest BCUT2D eigenvalue weighted by molar-refractivity contribution is 0.0972. The van der Waals surface area contributed by atoms with Crippen LogP contribution in [0.5, 0.6) is 0 Å². The van der Waals surface area contributed by atoms with Crippen LogP contribution >= 0.6 is 0 Å². The van der Waals surface area contributed by atoms with Crippen molar-refractivity contribution < 1.29 is 4.79 Å². The van der Waals surface area contributed by atoms with Crippen molar-refractivity contribution >= 4 is 11.9 Å². The van der Waals surface area contributed by atoms with Crippen LogP contribution in [0.3, 0.4) is 0 Å². The molecule has 6 heteroatoms. The number of hydrogen-bond donors (Lipinski definition) is 3. The molecule has 0 aliphatic rings. The number of aliphatic imine (C=N–C) groups is 1. The molecule has 1 amide bonds. The normalized spacial score (nSPS) is 11.3. The third-order valence-electron chi connectivity index (χ3n) is 1.30. The summed E-state index contributed by atoms with van der Waals surface area (Å²) in [5, 5.41) is 2.39. The first-order valence-electron chi connectivity index (χ1n) is 3.84. The Morgan fingerprint density at radius 1 is 1.85 bits per heavy atom. The lowest BCUT2D eigenvalue weighted by atomic mass is 10.4. The van der Waals surface area contributed by atoms with Crippen molar-refractivity contribution in [1.29, 1.82) is 0 Å². The summed E-state index contributed by atoms with van der Waals surface area (Å²) in [6, 6.07) is 0. The maximum Gasteiger partial charge on any atom is 0.278 e. The number of nitrogens with two attached hydrogens (primary N) is 1. The number of guanidine groups is 1. The molecule has 0 aliphatic carbocycles. The van der Waals surface area contributed by atoms with E-state index >= 15 is 0 Å². The second-order valence-electron chi connectivity index (χ2n) is 2.27. The van der Waals surface area contributed by atoms with Gasteiger partial charge in [-0.1, -0.05) is 0 Å². The molecule has 13 heavy (non-hydrogen) atoms. The van der Waals surface area contributed by atoms with E-state index in [1.807, 2.05) is 6.92 Å². The number of nitrogens with zero attached hydrogens (tertiary/aromatic N) is 2. The molecule has 70 valence electrons. The van der Waals surface area contributed by atoms with E-state index in [-0.39, 0.29) is 17.6 Å². The summed E-state index contributed by atoms with van der Waals surface area (Å²) in [6.07, 6.45) is 2.90. The van der Waals surface area contributed by atoms with E-state index in [9.17, 15) is 4.79 Å². The molecule has 0 aliphatic heterocycles. The summed E-state index contributed by atoms with van der Waals surface area (Å²) in [4.78, 5) is 21.4. The van der Waals surface area contributed by atoms with Gasteiger partial charge in [0.1, 0.15) is 5.69 Å². The minimum absolute atomic E-state index is 0.107. The Kier molecular flexibility index (Phi) is 3.02. The Morgan fingerprint density at radius 3 is 3.15 bits per heavy atom. The van der Waals surface area contributed by atoms with Crippen molar-refractivity contribution in [1.82, 2.24) is 15.3 Å². The number of carbonyl (C=O) groups excluding carboxylic acids is 1. The number of imidazole rings is 1. The topological polar surface area (TPSA) is 96.2 Å². The molecule has 0 radical (unpaired) electrons. The maximum atomic E-state index is 11.2. The van der Waals surface area contributed by atoms with Gasteiger partial charge in [0.25, 0.3) is 5.91 Å². The second kappa shape index (κ2) is 4.24. The fourth-order valence-corrected chi connectivity index (χ4v) is 0.775. The van der Waals surface area contributed by atoms with Crippen molar-refractivity contribution in [3.63, 3.8) is 0 Å². The molecule has 0 saturated carbocycles. The average molecular weight is 181 g/mol. The Morgan fingerprint density at radius 2 is 2.62 bits per heavy atom. The quantitative estimate of drug-likeness (QED) is 0.423. The van der Waals surface area contributed by atoms with Gasteiger partial charge < -0.3 is 10.7 Å². The molecule has 1 rings (SSSR count). The minimum Gasteiger partial charge on any atom is -0.370 e. The zero-order chi connectivity index (χ0) is 9.68. The molecule has 0 atom stereocenters. The summed E-state index contributed by atoms with van der Waals surface area (Å²) in [7, 11) is 0. The Labute approximate surface area is 75.3 Å². The third kappa shape index (κ3) is 2.58. The predicted octanol–water partition coefficient (Wildman–Crippen LogP) is -0.526. The van der Waals surface area contributed by atoms with Crippen molar-refractivity contribution in [3.05, 3.63) is 18.2 Å². The molecule has 4 N–H and O–H groups in total. The van der Waals surface area contributed by atoms with Crippen molar-refractivity contribution in [2.75, 3.05) is 6.54 Å². The van der Waals surface area contributed by atoms with Crippen LogP contribution < -0.4 is 11.1 Å². The zero-order valence-electron chi connectivity index (χ0n) is 7.24. The molecule has 0 fully saturated rings. The first kappa shape index (κ1) is 9.24. The van der Waals surface area contributed by atoms with Crippen LogP contribution in [0.4, 0.5) is 0 Å². The van der Waals surface area contributed by atoms with Gasteiger partial charge in [0, 0.05) is 12.7 Å². The maximum absolute atomic E-state index is 11.2. The van der Waals surface area contributed by atoms with Gasteiger partial charge in [-0.2, -0.15) is 0 Å². The van der Waals surface area contributed by atoms with E-state index in [4.69, 9.17) is 5.73 Å². The molecule has 0 aromatic carbocycles. The third-order valence-corrected chi connectivity index (χ3v) is 1.30. The highest BCUT2D eigenvalue weighted by Gasteiger charge is 2.07. The monoisotopic (exact) mass is 181 g/mol. The number of hydrogen-bond acceptors (Lipinski definition) is 3. The number of aromatic nitrogens is 2. The van der Waals surface area contributed by atoms with Gasteiger partial charge in [0.2, 0.25) is 0 Å². The van der Waals surface area contributed by atoms with Gasteiger partial charge in [0.05, 0.1) is 6.33 Å². The van der Waals surface area contributed by atoms with Crippen molar-refractivity contribution in [2.45, 2.75) is 6.92 Å². The van der Waals surface area contributed by atoms with Crippen LogP contribution in [0.15, 0.2) is 17.5 Å². The van der Waals surface area contributed by atoms with Gasteiger partial charge >= 0.3 is 0 Å². The average Bonchev–Trinajstić information content (AvgIpc) is 2.55. The van der Waals surface area contributed by atoms with Crippen LogP contribution in [-0.2, 0) is 0 Å². The Balaban J connectivity index is 2.56. The summed E-state index contributed by atoms with van der Waals surface area (Å²) < 4.78 is 0. The molecule has 0 saturated heterocycles. The summed E-state index contributed by atoms with van der Waals surface area (Å²) in [6.45, 7) is 2.36. The van der Waals surface area contributed by atoms with E-state index in [2.05, 4.69) is 20.3 Å². The van der Waals surface area contributed by atoms with E-state index in [1.165, 1.54) is 12.5 Å². The van der Waals surface area contributed by atoms with Crippen molar-refractivity contribution in [2.24, 2.45) is 10.7 Å². The van der Waals surface area contributed by atoms with Crippen LogP contribution in [-0.4, -0.2) is 28.4 Å². The minimum atomic E-state index is -0.365. The number of amides is 1. The van der Waals surface area contributed by atoms with Gasteiger partial charge in [-0.05, 0) is 6.92 Å². The highest BCUT2D eigenvalue weighted by Crippen LogP contribution is 1.88. The second-order valence-corrected chi connectivity index (χ2v) is 2.27. The predicted molar refractivity (Wildman–Crippen MR) is 48.2 cm³/mol. The van der Waals surface area contributed by atoms with E-state index in [1.54, 1.807) is 0 Å². The lowest BCUT2D eigenvalue weighted by Crippen LogP contribution is -2.37. The smallest absolute Gasteiger partial charge is 0.278 e. The highest BCUT2D eigenvalue weighted by molar-refractivity contribution is 6.03. The summed E-state index contributed by atoms with van der Waals surface area (Å²) in [5.74, 6) is -0.258. The Hall–Kier alpha value is -1.85. The standard InChI is InChI=1S/C7H11N5O/c1-2-10-7(8)12-6(13)5-3-9-4-11-5/h3-4H,2H2,1H3,(H,9,11)(H3,8,10,12,13). The Bertz CT molecular complexity index is 303. The summed E-state index contributed by atoms with van der Waals surface area (Å²) in [5.41, 5.74) is 5.66. The number of carbonyl (C=O) groups is 1. The first-order valence-corrected chi connectivity index (χ1v) is 3.84. The number of aromatic amines is 1. The number of rotatable bonds is 2. The van der Waals surface area contributed by atoms with Crippen LogP contribution in [0.25, 0.3) is 0 Å². The van der Waals surface area contributed by atoms with Crippen molar-refractivity contribution in [3.8, 4) is 0 Å². The molecule has 0 bridgehead atoms. The van der Waals surface area contributed by atoms with Crippen LogP contribution in [0, 0.1) is 0 Å². The SMILES string of the molecule is CC/N=C(/N)NC(=O)c1c[nH]cn1. The molecule has 6 nitrogen and oxygen atoms in total. The molecule has 1 heterocycles. The highest BCUT2D eigenvalue weighted by atomic mass is 16.2. The lowest BCUT2D eigenvalue weighted by Gasteiger charge is -2.00. The van der Waals surface area contributed by atoms with Crippen LogP contribution in [0.2, 0.25) is 0 Å². The fraction of sp³-hybridized carbons (Fsp3) is 0.286. The fourth-order valence-electron chi connectivity index (χ4n) is 0.775. The van der Waals surface area contributed by atoms with Gasteiger partial charge in [-0.3, -0.25) is 15.1 Å². The molecule has 0 unspecified atom stereocenters. The molecular formula is C7H11N5O. The van der Waals surface area contributed by atoms with E-state index < -0.39 is 0 Å². The number of H-pyrrole nitrogens is 1. The van der Waals surface area contributed by atoms with E-state index in [0.29, 0.717) is 6.54 Å². The first-order chi connectivity index (χ1) is 6.24. The molecular weight excluding hydrogens is 170 g/mol. The van der Waals surface area contributed by atoms with Gasteiger partial charge in [-0.25, -0.2) is 4.98 Å². The molecule has 0 spiro atoms. The van der Waals surface area contributed by atoms with Crippen LogP contribution in [0.1, 0.15) is 17.4 Å². The van der Waals surface area contributed by atoms with Gasteiger partial charge in [0.15, 0.2) is 5.96 Å².